The Morgan fingerprint density at radius 2 is 1.92 bits per heavy atom. The van der Waals surface area contributed by atoms with Gasteiger partial charge in [-0.3, -0.25) is 10.9 Å². The Morgan fingerprint density at radius 1 is 1.00 bits per heavy atom. The van der Waals surface area contributed by atoms with Gasteiger partial charge in [-0.05, 0) is 31.2 Å². The van der Waals surface area contributed by atoms with Crippen LogP contribution in [0.25, 0.3) is 0 Å². The second kappa shape index (κ2) is 4.37. The van der Waals surface area contributed by atoms with Crippen molar-refractivity contribution in [2.24, 2.45) is 17.6 Å². The van der Waals surface area contributed by atoms with Crippen molar-refractivity contribution in [1.82, 2.24) is 16.2 Å². The Kier molecular flexibility index (Phi) is 3.16. The average Bonchev–Trinajstić information content (AvgIpc) is 2.20. The molecule has 0 amide bonds. The molecule has 0 bridgehead atoms. The fourth-order valence-electron chi connectivity index (χ4n) is 2.50. The Hall–Kier alpha value is -0.160. The second-order valence-electron chi connectivity index (χ2n) is 4.18. The quantitative estimate of drug-likeness (QED) is 0.424. The lowest BCUT2D eigenvalue weighted by Crippen LogP contribution is -2.53. The second-order valence-corrected chi connectivity index (χ2v) is 4.18. The summed E-state index contributed by atoms with van der Waals surface area (Å²) >= 11 is 0. The summed E-state index contributed by atoms with van der Waals surface area (Å²) in [7, 11) is 0. The highest BCUT2D eigenvalue weighted by atomic mass is 15.4. The van der Waals surface area contributed by atoms with Gasteiger partial charge in [0.25, 0.3) is 0 Å². The third-order valence-corrected chi connectivity index (χ3v) is 3.32. The van der Waals surface area contributed by atoms with E-state index in [1.54, 1.807) is 0 Å². The summed E-state index contributed by atoms with van der Waals surface area (Å²) in [6, 6.07) is 0.360. The zero-order valence-electron chi connectivity index (χ0n) is 8.05. The molecule has 3 unspecified atom stereocenters. The Balaban J connectivity index is 1.88. The minimum atomic E-state index is 0.360. The molecular weight excluding hydrogens is 164 g/mol. The number of rotatable bonds is 1. The van der Waals surface area contributed by atoms with E-state index in [0.717, 1.165) is 38.0 Å². The maximum Gasteiger partial charge on any atom is 0.0197 e. The van der Waals surface area contributed by atoms with E-state index in [1.807, 2.05) is 0 Å². The molecular formula is C9H20N4. The first kappa shape index (κ1) is 9.40. The summed E-state index contributed by atoms with van der Waals surface area (Å²) in [4.78, 5) is 0. The molecule has 4 heteroatoms. The van der Waals surface area contributed by atoms with Crippen LogP contribution in [-0.2, 0) is 0 Å². The molecule has 2 saturated heterocycles. The first-order valence-electron chi connectivity index (χ1n) is 5.30. The van der Waals surface area contributed by atoms with Crippen LogP contribution >= 0.6 is 0 Å². The van der Waals surface area contributed by atoms with Crippen LogP contribution in [0.5, 0.6) is 0 Å². The highest BCUT2D eigenvalue weighted by molar-refractivity contribution is 4.87. The van der Waals surface area contributed by atoms with E-state index in [9.17, 15) is 0 Å². The van der Waals surface area contributed by atoms with Gasteiger partial charge in [0.2, 0.25) is 0 Å². The molecule has 4 nitrogen and oxygen atoms in total. The Labute approximate surface area is 79.6 Å². The molecule has 0 spiro atoms. The summed E-state index contributed by atoms with van der Waals surface area (Å²) in [5.41, 5.74) is 12.5. The van der Waals surface area contributed by atoms with Gasteiger partial charge < -0.3 is 11.1 Å². The molecule has 3 atom stereocenters. The van der Waals surface area contributed by atoms with E-state index in [4.69, 9.17) is 5.73 Å². The van der Waals surface area contributed by atoms with Gasteiger partial charge in [0.1, 0.15) is 0 Å². The predicted octanol–water partition coefficient (Wildman–Crippen LogP) is -0.963. The van der Waals surface area contributed by atoms with Crippen LogP contribution in [-0.4, -0.2) is 32.2 Å². The zero-order chi connectivity index (χ0) is 9.10. The molecule has 0 aromatic carbocycles. The molecule has 2 fully saturated rings. The largest absolute Gasteiger partial charge is 0.326 e. The maximum absolute atomic E-state index is 6.10. The molecule has 13 heavy (non-hydrogen) atoms. The van der Waals surface area contributed by atoms with Gasteiger partial charge in [0, 0.05) is 25.7 Å². The van der Waals surface area contributed by atoms with Gasteiger partial charge in [-0.15, -0.1) is 0 Å². The number of hydrogen-bond acceptors (Lipinski definition) is 4. The lowest BCUT2D eigenvalue weighted by molar-refractivity contribution is 0.181. The maximum atomic E-state index is 6.10. The molecule has 0 aliphatic carbocycles. The van der Waals surface area contributed by atoms with Crippen LogP contribution in [0.1, 0.15) is 12.8 Å². The van der Waals surface area contributed by atoms with Crippen molar-refractivity contribution in [3.05, 3.63) is 0 Å². The predicted molar refractivity (Wildman–Crippen MR) is 53.1 cm³/mol. The highest BCUT2D eigenvalue weighted by Crippen LogP contribution is 2.24. The van der Waals surface area contributed by atoms with Crippen LogP contribution in [0.15, 0.2) is 0 Å². The fourth-order valence-corrected chi connectivity index (χ4v) is 2.50. The lowest BCUT2D eigenvalue weighted by Gasteiger charge is -2.37. The molecule has 2 rings (SSSR count). The van der Waals surface area contributed by atoms with Crippen LogP contribution in [0.3, 0.4) is 0 Å². The zero-order valence-corrected chi connectivity index (χ0v) is 8.05. The third-order valence-electron chi connectivity index (χ3n) is 3.32. The summed E-state index contributed by atoms with van der Waals surface area (Å²) < 4.78 is 0. The molecule has 76 valence electrons. The normalized spacial score (nSPS) is 41.8. The summed E-state index contributed by atoms with van der Waals surface area (Å²) in [5, 5.41) is 3.34. The van der Waals surface area contributed by atoms with E-state index >= 15 is 0 Å². The van der Waals surface area contributed by atoms with Crippen molar-refractivity contribution in [1.29, 1.82) is 0 Å². The topological polar surface area (TPSA) is 62.1 Å². The van der Waals surface area contributed by atoms with Gasteiger partial charge in [-0.2, -0.15) is 0 Å². The molecule has 2 aliphatic rings. The minimum absolute atomic E-state index is 0.360. The van der Waals surface area contributed by atoms with Gasteiger partial charge in [-0.1, -0.05) is 0 Å². The molecule has 2 aliphatic heterocycles. The van der Waals surface area contributed by atoms with Gasteiger partial charge >= 0.3 is 0 Å². The molecule has 0 radical (unpaired) electrons. The lowest BCUT2D eigenvalue weighted by atomic mass is 9.79. The van der Waals surface area contributed by atoms with Crippen LogP contribution in [0.2, 0.25) is 0 Å². The van der Waals surface area contributed by atoms with E-state index in [2.05, 4.69) is 16.2 Å². The average molecular weight is 184 g/mol. The molecule has 5 N–H and O–H groups in total. The van der Waals surface area contributed by atoms with Crippen LogP contribution in [0.4, 0.5) is 0 Å². The number of nitrogens with one attached hydrogen (secondary N) is 3. The van der Waals surface area contributed by atoms with Crippen LogP contribution in [0, 0.1) is 11.8 Å². The highest BCUT2D eigenvalue weighted by Gasteiger charge is 2.30. The smallest absolute Gasteiger partial charge is 0.0197 e. The third kappa shape index (κ3) is 2.20. The summed E-state index contributed by atoms with van der Waals surface area (Å²) in [5.74, 6) is 1.49. The van der Waals surface area contributed by atoms with E-state index < -0.39 is 0 Å². The monoisotopic (exact) mass is 184 g/mol. The number of piperidine rings is 1. The number of hydrogen-bond donors (Lipinski definition) is 4. The van der Waals surface area contributed by atoms with Gasteiger partial charge in [-0.25, -0.2) is 0 Å². The Bertz CT molecular complexity index is 156. The molecule has 0 aromatic rings. The van der Waals surface area contributed by atoms with E-state index in [-0.39, 0.29) is 0 Å². The van der Waals surface area contributed by atoms with Gasteiger partial charge in [0.15, 0.2) is 0 Å². The Morgan fingerprint density at radius 3 is 2.62 bits per heavy atom. The van der Waals surface area contributed by atoms with Crippen molar-refractivity contribution in [3.8, 4) is 0 Å². The SMILES string of the molecule is NC1CNCCC1C1CCNNC1. The molecule has 2 heterocycles. The molecule has 0 aromatic heterocycles. The first-order chi connectivity index (χ1) is 6.38. The summed E-state index contributed by atoms with van der Waals surface area (Å²) in [6.45, 7) is 4.30. The minimum Gasteiger partial charge on any atom is -0.326 e. The molecule has 0 saturated carbocycles. The van der Waals surface area contributed by atoms with Crippen LogP contribution < -0.4 is 21.9 Å². The van der Waals surface area contributed by atoms with Crippen molar-refractivity contribution in [2.75, 3.05) is 26.2 Å². The fraction of sp³-hybridized carbons (Fsp3) is 1.00. The van der Waals surface area contributed by atoms with Gasteiger partial charge in [0.05, 0.1) is 0 Å². The number of nitrogens with two attached hydrogens (primary N) is 1. The standard InChI is InChI=1S/C9H20N4/c10-9-6-11-3-2-8(9)7-1-4-12-13-5-7/h7-9,11-13H,1-6,10H2. The van der Waals surface area contributed by atoms with Crippen molar-refractivity contribution >= 4 is 0 Å². The van der Waals surface area contributed by atoms with E-state index in [1.165, 1.54) is 12.8 Å². The summed E-state index contributed by atoms with van der Waals surface area (Å²) in [6.07, 6.45) is 2.51. The van der Waals surface area contributed by atoms with Crippen molar-refractivity contribution in [3.63, 3.8) is 0 Å². The van der Waals surface area contributed by atoms with Crippen molar-refractivity contribution < 1.29 is 0 Å². The van der Waals surface area contributed by atoms with Crippen molar-refractivity contribution in [2.45, 2.75) is 18.9 Å². The number of hydrazine groups is 1. The first-order valence-corrected chi connectivity index (χ1v) is 5.30. The van der Waals surface area contributed by atoms with E-state index in [0.29, 0.717) is 6.04 Å².